The second-order valence-electron chi connectivity index (χ2n) is 3.99. The molecule has 0 aliphatic carbocycles. The molecule has 0 bridgehead atoms. The largest absolute Gasteiger partial charge is 0.416 e. The molecular formula is C12H10F4N2. The number of benzene rings is 1. The summed E-state index contributed by atoms with van der Waals surface area (Å²) in [7, 11) is 1.63. The molecule has 0 atom stereocenters. The lowest BCUT2D eigenvalue weighted by atomic mass is 10.0. The first kappa shape index (κ1) is 12.6. The summed E-state index contributed by atoms with van der Waals surface area (Å²) in [5.41, 5.74) is -0.116. The summed E-state index contributed by atoms with van der Waals surface area (Å²) >= 11 is 0. The average Bonchev–Trinajstić information content (AvgIpc) is 2.56. The molecule has 0 saturated carbocycles. The van der Waals surface area contributed by atoms with Gasteiger partial charge in [0.2, 0.25) is 0 Å². The Hall–Kier alpha value is -1.85. The quantitative estimate of drug-likeness (QED) is 0.715. The Morgan fingerprint density at radius 1 is 1.17 bits per heavy atom. The first-order valence-electron chi connectivity index (χ1n) is 5.16. The van der Waals surface area contributed by atoms with Gasteiger partial charge in [-0.1, -0.05) is 0 Å². The van der Waals surface area contributed by atoms with Crippen molar-refractivity contribution in [2.75, 3.05) is 0 Å². The zero-order chi connectivity index (χ0) is 13.5. The van der Waals surface area contributed by atoms with E-state index in [9.17, 15) is 17.6 Å². The minimum Gasteiger partial charge on any atom is -0.275 e. The van der Waals surface area contributed by atoms with E-state index in [0.29, 0.717) is 11.3 Å². The number of rotatable bonds is 1. The zero-order valence-electron chi connectivity index (χ0n) is 9.72. The van der Waals surface area contributed by atoms with E-state index in [1.807, 2.05) is 0 Å². The van der Waals surface area contributed by atoms with Gasteiger partial charge in [0.05, 0.1) is 11.3 Å². The van der Waals surface area contributed by atoms with Gasteiger partial charge in [0.1, 0.15) is 5.82 Å². The molecule has 0 N–H and O–H groups in total. The van der Waals surface area contributed by atoms with Crippen molar-refractivity contribution >= 4 is 0 Å². The van der Waals surface area contributed by atoms with E-state index in [1.54, 1.807) is 14.0 Å². The van der Waals surface area contributed by atoms with Crippen LogP contribution in [0.4, 0.5) is 17.6 Å². The molecule has 6 heteroatoms. The van der Waals surface area contributed by atoms with Crippen LogP contribution < -0.4 is 0 Å². The van der Waals surface area contributed by atoms with Gasteiger partial charge in [0.25, 0.3) is 0 Å². The molecule has 0 amide bonds. The molecule has 0 aliphatic rings. The van der Waals surface area contributed by atoms with Crippen molar-refractivity contribution in [3.8, 4) is 11.1 Å². The van der Waals surface area contributed by atoms with Crippen LogP contribution in [0.15, 0.2) is 24.4 Å². The van der Waals surface area contributed by atoms with Crippen molar-refractivity contribution in [3.05, 3.63) is 41.5 Å². The fraction of sp³-hybridized carbons (Fsp3) is 0.250. The van der Waals surface area contributed by atoms with Crippen molar-refractivity contribution in [2.45, 2.75) is 13.1 Å². The van der Waals surface area contributed by atoms with Gasteiger partial charge in [0, 0.05) is 24.4 Å². The van der Waals surface area contributed by atoms with Gasteiger partial charge in [-0.05, 0) is 25.1 Å². The summed E-state index contributed by atoms with van der Waals surface area (Å²) in [5, 5.41) is 3.99. The lowest BCUT2D eigenvalue weighted by Crippen LogP contribution is -2.05. The molecule has 0 spiro atoms. The summed E-state index contributed by atoms with van der Waals surface area (Å²) in [6.45, 7) is 1.62. The lowest BCUT2D eigenvalue weighted by molar-refractivity contribution is -0.137. The fourth-order valence-corrected chi connectivity index (χ4v) is 1.77. The van der Waals surface area contributed by atoms with E-state index in [2.05, 4.69) is 5.10 Å². The maximum Gasteiger partial charge on any atom is 0.416 e. The molecule has 0 radical (unpaired) electrons. The molecular weight excluding hydrogens is 248 g/mol. The fourth-order valence-electron chi connectivity index (χ4n) is 1.77. The summed E-state index contributed by atoms with van der Waals surface area (Å²) < 4.78 is 52.8. The van der Waals surface area contributed by atoms with Gasteiger partial charge < -0.3 is 0 Å². The van der Waals surface area contributed by atoms with Gasteiger partial charge in [-0.25, -0.2) is 4.39 Å². The molecule has 0 saturated heterocycles. The topological polar surface area (TPSA) is 17.8 Å². The van der Waals surface area contributed by atoms with E-state index in [-0.39, 0.29) is 5.56 Å². The smallest absolute Gasteiger partial charge is 0.275 e. The van der Waals surface area contributed by atoms with Crippen molar-refractivity contribution < 1.29 is 17.6 Å². The molecule has 0 aliphatic heterocycles. The molecule has 2 rings (SSSR count). The number of nitrogens with zero attached hydrogens (tertiary/aromatic N) is 2. The van der Waals surface area contributed by atoms with E-state index < -0.39 is 17.6 Å². The second kappa shape index (κ2) is 4.12. The van der Waals surface area contributed by atoms with Crippen LogP contribution >= 0.6 is 0 Å². The highest BCUT2D eigenvalue weighted by Crippen LogP contribution is 2.34. The van der Waals surface area contributed by atoms with Crippen LogP contribution in [0.2, 0.25) is 0 Å². The number of aryl methyl sites for hydroxylation is 2. The predicted octanol–water partition coefficient (Wildman–Crippen LogP) is 3.55. The van der Waals surface area contributed by atoms with E-state index >= 15 is 0 Å². The molecule has 96 valence electrons. The Morgan fingerprint density at radius 2 is 1.83 bits per heavy atom. The highest BCUT2D eigenvalue weighted by Gasteiger charge is 2.31. The Labute approximate surface area is 101 Å². The van der Waals surface area contributed by atoms with Crippen LogP contribution in [0.25, 0.3) is 11.1 Å². The number of halogens is 4. The number of alkyl halides is 3. The van der Waals surface area contributed by atoms with Gasteiger partial charge in [0.15, 0.2) is 0 Å². The zero-order valence-corrected chi connectivity index (χ0v) is 9.72. The number of aromatic nitrogens is 2. The first-order valence-corrected chi connectivity index (χ1v) is 5.16. The predicted molar refractivity (Wildman–Crippen MR) is 58.3 cm³/mol. The molecule has 0 unspecified atom stereocenters. The van der Waals surface area contributed by atoms with Crippen molar-refractivity contribution in [1.29, 1.82) is 0 Å². The Balaban J connectivity index is 2.60. The van der Waals surface area contributed by atoms with Crippen LogP contribution in [-0.4, -0.2) is 9.78 Å². The molecule has 2 aromatic rings. The first-order chi connectivity index (χ1) is 8.29. The standard InChI is InChI=1S/C12H10F4N2/c1-7-10(6-18(2)17-7)9-5-8(12(14,15)16)3-4-11(9)13/h3-6H,1-2H3. The van der Waals surface area contributed by atoms with Crippen molar-refractivity contribution in [1.82, 2.24) is 9.78 Å². The van der Waals surface area contributed by atoms with Crippen LogP contribution in [0.1, 0.15) is 11.3 Å². The van der Waals surface area contributed by atoms with Crippen LogP contribution in [-0.2, 0) is 13.2 Å². The molecule has 18 heavy (non-hydrogen) atoms. The molecule has 1 aromatic heterocycles. The van der Waals surface area contributed by atoms with Crippen LogP contribution in [0, 0.1) is 12.7 Å². The summed E-state index contributed by atoms with van der Waals surface area (Å²) in [4.78, 5) is 0. The summed E-state index contributed by atoms with van der Waals surface area (Å²) in [6.07, 6.45) is -2.99. The number of hydrogen-bond acceptors (Lipinski definition) is 1. The average molecular weight is 258 g/mol. The van der Waals surface area contributed by atoms with E-state index in [1.165, 1.54) is 10.9 Å². The minimum absolute atomic E-state index is 0.0876. The monoisotopic (exact) mass is 258 g/mol. The van der Waals surface area contributed by atoms with E-state index in [0.717, 1.165) is 18.2 Å². The maximum atomic E-state index is 13.6. The molecule has 1 aromatic carbocycles. The van der Waals surface area contributed by atoms with Gasteiger partial charge >= 0.3 is 6.18 Å². The molecule has 0 fully saturated rings. The Bertz CT molecular complexity index is 584. The van der Waals surface area contributed by atoms with Crippen molar-refractivity contribution in [2.24, 2.45) is 7.05 Å². The Morgan fingerprint density at radius 3 is 2.33 bits per heavy atom. The van der Waals surface area contributed by atoms with Crippen LogP contribution in [0.5, 0.6) is 0 Å². The Kier molecular flexibility index (Phi) is 2.88. The normalized spacial score (nSPS) is 11.9. The molecule has 1 heterocycles. The minimum atomic E-state index is -4.49. The third-order valence-electron chi connectivity index (χ3n) is 2.60. The van der Waals surface area contributed by atoms with Gasteiger partial charge in [-0.15, -0.1) is 0 Å². The second-order valence-corrected chi connectivity index (χ2v) is 3.99. The van der Waals surface area contributed by atoms with Gasteiger partial charge in [-0.3, -0.25) is 4.68 Å². The molecule has 2 nitrogen and oxygen atoms in total. The highest BCUT2D eigenvalue weighted by molar-refractivity contribution is 5.66. The summed E-state index contributed by atoms with van der Waals surface area (Å²) in [6, 6.07) is 2.36. The maximum absolute atomic E-state index is 13.6. The van der Waals surface area contributed by atoms with Crippen molar-refractivity contribution in [3.63, 3.8) is 0 Å². The van der Waals surface area contributed by atoms with Crippen LogP contribution in [0.3, 0.4) is 0 Å². The SMILES string of the molecule is Cc1nn(C)cc1-c1cc(C(F)(F)F)ccc1F. The third kappa shape index (κ3) is 2.23. The third-order valence-corrected chi connectivity index (χ3v) is 2.60. The summed E-state index contributed by atoms with van der Waals surface area (Å²) in [5.74, 6) is -0.695. The lowest BCUT2D eigenvalue weighted by Gasteiger charge is -2.09. The van der Waals surface area contributed by atoms with Gasteiger partial charge in [-0.2, -0.15) is 18.3 Å². The highest BCUT2D eigenvalue weighted by atomic mass is 19.4. The number of hydrogen-bond donors (Lipinski definition) is 0. The van der Waals surface area contributed by atoms with E-state index in [4.69, 9.17) is 0 Å².